The molecule has 0 bridgehead atoms. The largest absolute Gasteiger partial charge is 0.331 e. The summed E-state index contributed by atoms with van der Waals surface area (Å²) in [5.41, 5.74) is 0. The van der Waals surface area contributed by atoms with E-state index in [0.29, 0.717) is 17.8 Å². The van der Waals surface area contributed by atoms with Crippen molar-refractivity contribution in [3.8, 4) is 0 Å². The van der Waals surface area contributed by atoms with Gasteiger partial charge in [0.05, 0.1) is 0 Å². The Labute approximate surface area is 116 Å². The van der Waals surface area contributed by atoms with Crippen molar-refractivity contribution in [1.29, 1.82) is 0 Å². The molecule has 1 aromatic heterocycles. The van der Waals surface area contributed by atoms with E-state index in [2.05, 4.69) is 4.99 Å². The SMILES string of the molecule is CCCC(=O)N1CCCC1C(=O)N=c1sccn1C. The molecule has 1 unspecified atom stereocenters. The van der Waals surface area contributed by atoms with Gasteiger partial charge in [0, 0.05) is 31.6 Å². The van der Waals surface area contributed by atoms with Crippen LogP contribution in [0.25, 0.3) is 0 Å². The van der Waals surface area contributed by atoms with E-state index in [9.17, 15) is 9.59 Å². The zero-order chi connectivity index (χ0) is 13.8. The van der Waals surface area contributed by atoms with Crippen LogP contribution in [-0.4, -0.2) is 33.9 Å². The van der Waals surface area contributed by atoms with E-state index in [-0.39, 0.29) is 17.9 Å². The molecule has 0 radical (unpaired) electrons. The van der Waals surface area contributed by atoms with Gasteiger partial charge in [-0.2, -0.15) is 4.99 Å². The standard InChI is InChI=1S/C13H19N3O2S/c1-3-5-11(17)16-7-4-6-10(16)12(18)14-13-15(2)8-9-19-13/h8-10H,3-7H2,1-2H3. The molecule has 1 aliphatic heterocycles. The van der Waals surface area contributed by atoms with Gasteiger partial charge in [0.15, 0.2) is 4.80 Å². The third kappa shape index (κ3) is 3.12. The molecule has 0 spiro atoms. The second kappa shape index (κ2) is 6.14. The Morgan fingerprint density at radius 3 is 2.95 bits per heavy atom. The molecule has 104 valence electrons. The number of aromatic nitrogens is 1. The highest BCUT2D eigenvalue weighted by Crippen LogP contribution is 2.19. The predicted octanol–water partition coefficient (Wildman–Crippen LogP) is 1.30. The van der Waals surface area contributed by atoms with Crippen molar-refractivity contribution in [1.82, 2.24) is 9.47 Å². The van der Waals surface area contributed by atoms with Gasteiger partial charge in [0.2, 0.25) is 5.91 Å². The quantitative estimate of drug-likeness (QED) is 0.838. The number of nitrogens with zero attached hydrogens (tertiary/aromatic N) is 3. The Bertz CT molecular complexity index is 532. The molecule has 0 N–H and O–H groups in total. The van der Waals surface area contributed by atoms with Crippen molar-refractivity contribution < 1.29 is 9.59 Å². The average Bonchev–Trinajstić information content (AvgIpc) is 2.99. The fraction of sp³-hybridized carbons (Fsp3) is 0.615. The van der Waals surface area contributed by atoms with Crippen LogP contribution in [0.4, 0.5) is 0 Å². The first kappa shape index (κ1) is 14.0. The van der Waals surface area contributed by atoms with Crippen LogP contribution in [0.15, 0.2) is 16.6 Å². The van der Waals surface area contributed by atoms with Crippen LogP contribution in [0.3, 0.4) is 0 Å². The molecule has 1 saturated heterocycles. The first-order chi connectivity index (χ1) is 9.13. The molecule has 1 aliphatic rings. The molecular formula is C13H19N3O2S. The van der Waals surface area contributed by atoms with Crippen LogP contribution in [0, 0.1) is 0 Å². The van der Waals surface area contributed by atoms with Gasteiger partial charge in [-0.15, -0.1) is 11.3 Å². The molecule has 1 atom stereocenters. The molecule has 19 heavy (non-hydrogen) atoms. The lowest BCUT2D eigenvalue weighted by Crippen LogP contribution is -2.40. The second-order valence-corrected chi connectivity index (χ2v) is 5.61. The maximum absolute atomic E-state index is 12.2. The zero-order valence-electron chi connectivity index (χ0n) is 11.3. The maximum Gasteiger partial charge on any atom is 0.271 e. The molecule has 1 aromatic rings. The number of hydrogen-bond acceptors (Lipinski definition) is 3. The number of aryl methyl sites for hydroxylation is 1. The summed E-state index contributed by atoms with van der Waals surface area (Å²) < 4.78 is 1.82. The van der Waals surface area contributed by atoms with Gasteiger partial charge >= 0.3 is 0 Å². The number of hydrogen-bond donors (Lipinski definition) is 0. The molecule has 1 fully saturated rings. The van der Waals surface area contributed by atoms with E-state index in [4.69, 9.17) is 0 Å². The lowest BCUT2D eigenvalue weighted by molar-refractivity contribution is -0.137. The number of amides is 2. The lowest BCUT2D eigenvalue weighted by atomic mass is 10.2. The van der Waals surface area contributed by atoms with Gasteiger partial charge in [-0.05, 0) is 19.3 Å². The van der Waals surface area contributed by atoms with Crippen molar-refractivity contribution >= 4 is 23.2 Å². The summed E-state index contributed by atoms with van der Waals surface area (Å²) in [6.45, 7) is 2.65. The van der Waals surface area contributed by atoms with Crippen molar-refractivity contribution in [2.75, 3.05) is 6.54 Å². The van der Waals surface area contributed by atoms with Crippen LogP contribution < -0.4 is 4.80 Å². The van der Waals surface area contributed by atoms with Gasteiger partial charge in [-0.3, -0.25) is 9.59 Å². The Kier molecular flexibility index (Phi) is 4.52. The fourth-order valence-electron chi connectivity index (χ4n) is 2.28. The van der Waals surface area contributed by atoms with Gasteiger partial charge in [0.25, 0.3) is 5.91 Å². The molecular weight excluding hydrogens is 262 g/mol. The third-order valence-corrected chi connectivity index (χ3v) is 4.14. The first-order valence-electron chi connectivity index (χ1n) is 6.61. The van der Waals surface area contributed by atoms with Crippen LogP contribution in [0.2, 0.25) is 0 Å². The van der Waals surface area contributed by atoms with Crippen molar-refractivity contribution in [3.05, 3.63) is 16.4 Å². The summed E-state index contributed by atoms with van der Waals surface area (Å²) in [7, 11) is 1.86. The fourth-order valence-corrected chi connectivity index (χ4v) is 3.02. The Morgan fingerprint density at radius 2 is 2.32 bits per heavy atom. The summed E-state index contributed by atoms with van der Waals surface area (Å²) in [6.07, 6.45) is 4.81. The summed E-state index contributed by atoms with van der Waals surface area (Å²) in [5, 5.41) is 1.89. The minimum Gasteiger partial charge on any atom is -0.331 e. The van der Waals surface area contributed by atoms with E-state index in [1.54, 1.807) is 4.90 Å². The molecule has 2 amide bonds. The number of carbonyl (C=O) groups is 2. The van der Waals surface area contributed by atoms with Gasteiger partial charge in [-0.1, -0.05) is 6.92 Å². The Hall–Kier alpha value is -1.43. The Morgan fingerprint density at radius 1 is 1.53 bits per heavy atom. The Balaban J connectivity index is 2.15. The number of likely N-dealkylation sites (tertiary alicyclic amines) is 1. The van der Waals surface area contributed by atoms with E-state index < -0.39 is 0 Å². The summed E-state index contributed by atoms with van der Waals surface area (Å²) in [5.74, 6) is -0.121. The first-order valence-corrected chi connectivity index (χ1v) is 7.49. The predicted molar refractivity (Wildman–Crippen MR) is 73.5 cm³/mol. The summed E-state index contributed by atoms with van der Waals surface area (Å²) in [4.78, 5) is 30.7. The second-order valence-electron chi connectivity index (χ2n) is 4.74. The highest BCUT2D eigenvalue weighted by atomic mass is 32.1. The van der Waals surface area contributed by atoms with Gasteiger partial charge in [-0.25, -0.2) is 0 Å². The zero-order valence-corrected chi connectivity index (χ0v) is 12.2. The van der Waals surface area contributed by atoms with E-state index in [1.165, 1.54) is 11.3 Å². The summed E-state index contributed by atoms with van der Waals surface area (Å²) in [6, 6.07) is -0.360. The molecule has 0 aromatic carbocycles. The molecule has 0 aliphatic carbocycles. The molecule has 2 rings (SSSR count). The highest BCUT2D eigenvalue weighted by Gasteiger charge is 2.33. The van der Waals surface area contributed by atoms with Gasteiger partial charge in [0.1, 0.15) is 6.04 Å². The number of carbonyl (C=O) groups excluding carboxylic acids is 2. The van der Waals surface area contributed by atoms with E-state index in [0.717, 1.165) is 19.3 Å². The smallest absolute Gasteiger partial charge is 0.271 e. The van der Waals surface area contributed by atoms with E-state index >= 15 is 0 Å². The topological polar surface area (TPSA) is 54.7 Å². The normalized spacial score (nSPS) is 20.0. The minimum atomic E-state index is -0.360. The molecule has 2 heterocycles. The van der Waals surface area contributed by atoms with Crippen molar-refractivity contribution in [2.24, 2.45) is 12.0 Å². The number of rotatable bonds is 3. The van der Waals surface area contributed by atoms with Crippen LogP contribution in [0.5, 0.6) is 0 Å². The average molecular weight is 281 g/mol. The third-order valence-electron chi connectivity index (χ3n) is 3.29. The highest BCUT2D eigenvalue weighted by molar-refractivity contribution is 7.07. The van der Waals surface area contributed by atoms with Crippen LogP contribution in [0.1, 0.15) is 32.6 Å². The minimum absolute atomic E-state index is 0.0732. The molecule has 5 nitrogen and oxygen atoms in total. The molecule has 6 heteroatoms. The van der Waals surface area contributed by atoms with Crippen molar-refractivity contribution in [3.63, 3.8) is 0 Å². The molecule has 0 saturated carbocycles. The summed E-state index contributed by atoms with van der Waals surface area (Å²) >= 11 is 1.43. The van der Waals surface area contributed by atoms with Crippen LogP contribution >= 0.6 is 11.3 Å². The maximum atomic E-state index is 12.2. The van der Waals surface area contributed by atoms with E-state index in [1.807, 2.05) is 30.1 Å². The number of thiazole rings is 1. The van der Waals surface area contributed by atoms with Crippen LogP contribution in [-0.2, 0) is 16.6 Å². The van der Waals surface area contributed by atoms with Gasteiger partial charge < -0.3 is 9.47 Å². The monoisotopic (exact) mass is 281 g/mol. The van der Waals surface area contributed by atoms with Crippen molar-refractivity contribution in [2.45, 2.75) is 38.6 Å². The lowest BCUT2D eigenvalue weighted by Gasteiger charge is -2.21.